The molecule has 0 saturated heterocycles. The maximum Gasteiger partial charge on any atom is 0.274 e. The van der Waals surface area contributed by atoms with Crippen molar-refractivity contribution in [1.82, 2.24) is 4.98 Å². The Morgan fingerprint density at radius 2 is 1.89 bits per heavy atom. The minimum absolute atomic E-state index is 0.276. The predicted octanol–water partition coefficient (Wildman–Crippen LogP) is 4.65. The summed E-state index contributed by atoms with van der Waals surface area (Å²) in [6.07, 6.45) is 2.53. The van der Waals surface area contributed by atoms with Crippen molar-refractivity contribution in [3.05, 3.63) is 83.1 Å². The number of hydrogen-bond acceptors (Lipinski definition) is 4. The molecule has 2 N–H and O–H groups in total. The van der Waals surface area contributed by atoms with Crippen molar-refractivity contribution in [3.63, 3.8) is 0 Å². The molecule has 0 aliphatic rings. The van der Waals surface area contributed by atoms with Crippen LogP contribution in [-0.4, -0.2) is 24.5 Å². The van der Waals surface area contributed by atoms with E-state index in [4.69, 9.17) is 16.3 Å². The van der Waals surface area contributed by atoms with Gasteiger partial charge in [-0.3, -0.25) is 4.79 Å². The van der Waals surface area contributed by atoms with Crippen LogP contribution in [-0.2, 0) is 6.42 Å². The zero-order chi connectivity index (χ0) is 19.1. The molecule has 3 rings (SSSR count). The lowest BCUT2D eigenvalue weighted by atomic mass is 10.1. The molecule has 0 saturated carbocycles. The van der Waals surface area contributed by atoms with Crippen LogP contribution in [0, 0.1) is 0 Å². The number of nitrogens with zero attached hydrogens (tertiary/aromatic N) is 1. The molecule has 0 atom stereocenters. The molecule has 0 aliphatic heterocycles. The van der Waals surface area contributed by atoms with Crippen molar-refractivity contribution in [2.24, 2.45) is 0 Å². The van der Waals surface area contributed by atoms with E-state index >= 15 is 0 Å². The molecular formula is C21H20ClN3O2. The van der Waals surface area contributed by atoms with Gasteiger partial charge in [0.25, 0.3) is 5.91 Å². The van der Waals surface area contributed by atoms with Gasteiger partial charge >= 0.3 is 0 Å². The Morgan fingerprint density at radius 3 is 2.56 bits per heavy atom. The van der Waals surface area contributed by atoms with E-state index in [0.29, 0.717) is 16.4 Å². The lowest BCUT2D eigenvalue weighted by Gasteiger charge is -2.08. The van der Waals surface area contributed by atoms with E-state index in [2.05, 4.69) is 15.6 Å². The van der Waals surface area contributed by atoms with Crippen molar-refractivity contribution >= 4 is 28.9 Å². The predicted molar refractivity (Wildman–Crippen MR) is 109 cm³/mol. The van der Waals surface area contributed by atoms with Gasteiger partial charge in [0.2, 0.25) is 0 Å². The summed E-state index contributed by atoms with van der Waals surface area (Å²) >= 11 is 5.92. The van der Waals surface area contributed by atoms with Gasteiger partial charge in [0.05, 0.1) is 19.0 Å². The summed E-state index contributed by atoms with van der Waals surface area (Å²) in [6.45, 7) is 0.766. The molecule has 0 unspecified atom stereocenters. The molecule has 0 spiro atoms. The number of carbonyl (C=O) groups is 1. The fourth-order valence-corrected chi connectivity index (χ4v) is 2.73. The van der Waals surface area contributed by atoms with Crippen LogP contribution in [0.3, 0.4) is 0 Å². The molecule has 2 aromatic carbocycles. The van der Waals surface area contributed by atoms with Crippen LogP contribution < -0.4 is 15.4 Å². The van der Waals surface area contributed by atoms with Gasteiger partial charge in [0.1, 0.15) is 11.4 Å². The fraction of sp³-hybridized carbons (Fsp3) is 0.143. The maximum atomic E-state index is 12.2. The molecule has 3 aromatic rings. The number of anilines is 2. The van der Waals surface area contributed by atoms with Crippen LogP contribution in [0.25, 0.3) is 0 Å². The van der Waals surface area contributed by atoms with Gasteiger partial charge in [-0.2, -0.15) is 0 Å². The smallest absolute Gasteiger partial charge is 0.274 e. The van der Waals surface area contributed by atoms with E-state index < -0.39 is 0 Å². The minimum Gasteiger partial charge on any atom is -0.497 e. The molecule has 0 bridgehead atoms. The average Bonchev–Trinajstić information content (AvgIpc) is 2.69. The Hall–Kier alpha value is -3.05. The number of methoxy groups -OCH3 is 1. The lowest BCUT2D eigenvalue weighted by molar-refractivity contribution is 0.102. The number of pyridine rings is 1. The second-order valence-electron chi connectivity index (χ2n) is 5.92. The summed E-state index contributed by atoms with van der Waals surface area (Å²) in [4.78, 5) is 16.5. The molecular weight excluding hydrogens is 362 g/mol. The van der Waals surface area contributed by atoms with Gasteiger partial charge in [-0.05, 0) is 54.4 Å². The summed E-state index contributed by atoms with van der Waals surface area (Å²) in [7, 11) is 1.66. The van der Waals surface area contributed by atoms with Gasteiger partial charge in [-0.25, -0.2) is 4.98 Å². The van der Waals surface area contributed by atoms with Crippen molar-refractivity contribution in [1.29, 1.82) is 0 Å². The number of halogens is 1. The molecule has 27 heavy (non-hydrogen) atoms. The third-order valence-electron chi connectivity index (χ3n) is 3.98. The SMILES string of the molecule is COc1ccc(CCNc2ccc(C(=O)Nc3cccc(Cl)c3)nc2)cc1. The zero-order valence-corrected chi connectivity index (χ0v) is 15.7. The molecule has 1 heterocycles. The first kappa shape index (κ1) is 18.7. The van der Waals surface area contributed by atoms with E-state index in [1.165, 1.54) is 5.56 Å². The largest absolute Gasteiger partial charge is 0.497 e. The van der Waals surface area contributed by atoms with Gasteiger partial charge < -0.3 is 15.4 Å². The highest BCUT2D eigenvalue weighted by Crippen LogP contribution is 2.16. The molecule has 0 radical (unpaired) electrons. The first-order valence-electron chi connectivity index (χ1n) is 8.54. The van der Waals surface area contributed by atoms with Gasteiger partial charge in [0, 0.05) is 17.3 Å². The van der Waals surface area contributed by atoms with Gasteiger partial charge in [-0.1, -0.05) is 29.8 Å². The monoisotopic (exact) mass is 381 g/mol. The Bertz CT molecular complexity index is 896. The third-order valence-corrected chi connectivity index (χ3v) is 4.22. The van der Waals surface area contributed by atoms with Crippen LogP contribution >= 0.6 is 11.6 Å². The van der Waals surface area contributed by atoms with Crippen molar-refractivity contribution < 1.29 is 9.53 Å². The third kappa shape index (κ3) is 5.46. The number of hydrogen-bond donors (Lipinski definition) is 2. The second kappa shape index (κ2) is 9.05. The van der Waals surface area contributed by atoms with Crippen molar-refractivity contribution in [2.45, 2.75) is 6.42 Å². The highest BCUT2D eigenvalue weighted by atomic mass is 35.5. The van der Waals surface area contributed by atoms with Gasteiger partial charge in [-0.15, -0.1) is 0 Å². The number of rotatable bonds is 7. The van der Waals surface area contributed by atoms with Crippen molar-refractivity contribution in [2.75, 3.05) is 24.3 Å². The standard InChI is InChI=1S/C21H20ClN3O2/c1-27-19-8-5-15(6-9-19)11-12-23-18-7-10-20(24-14-18)21(26)25-17-4-2-3-16(22)13-17/h2-10,13-14,23H,11-12H2,1H3,(H,25,26). The molecule has 1 aromatic heterocycles. The van der Waals surface area contributed by atoms with E-state index in [9.17, 15) is 4.79 Å². The highest BCUT2D eigenvalue weighted by molar-refractivity contribution is 6.30. The van der Waals surface area contributed by atoms with E-state index in [1.807, 2.05) is 30.3 Å². The molecule has 0 aliphatic carbocycles. The number of ether oxygens (including phenoxy) is 1. The molecule has 6 heteroatoms. The first-order valence-corrected chi connectivity index (χ1v) is 8.91. The van der Waals surface area contributed by atoms with E-state index in [1.54, 1.807) is 43.6 Å². The summed E-state index contributed by atoms with van der Waals surface area (Å²) < 4.78 is 5.15. The van der Waals surface area contributed by atoms with E-state index in [0.717, 1.165) is 24.4 Å². The van der Waals surface area contributed by atoms with Crippen LogP contribution in [0.4, 0.5) is 11.4 Å². The van der Waals surface area contributed by atoms with Gasteiger partial charge in [0.15, 0.2) is 0 Å². The Kier molecular flexibility index (Phi) is 6.28. The number of carbonyl (C=O) groups excluding carboxylic acids is 1. The zero-order valence-electron chi connectivity index (χ0n) is 14.9. The summed E-state index contributed by atoms with van der Waals surface area (Å²) in [5, 5.41) is 6.64. The lowest BCUT2D eigenvalue weighted by Crippen LogP contribution is -2.14. The number of amides is 1. The molecule has 5 nitrogen and oxygen atoms in total. The topological polar surface area (TPSA) is 63.2 Å². The average molecular weight is 382 g/mol. The Morgan fingerprint density at radius 1 is 1.07 bits per heavy atom. The number of aromatic nitrogens is 1. The van der Waals surface area contributed by atoms with Crippen LogP contribution in [0.1, 0.15) is 16.1 Å². The summed E-state index contributed by atoms with van der Waals surface area (Å²) in [5.41, 5.74) is 3.06. The second-order valence-corrected chi connectivity index (χ2v) is 6.36. The van der Waals surface area contributed by atoms with E-state index in [-0.39, 0.29) is 5.91 Å². The van der Waals surface area contributed by atoms with Crippen LogP contribution in [0.2, 0.25) is 5.02 Å². The highest BCUT2D eigenvalue weighted by Gasteiger charge is 2.08. The normalized spacial score (nSPS) is 10.3. The molecule has 138 valence electrons. The number of nitrogens with one attached hydrogen (secondary N) is 2. The van der Waals surface area contributed by atoms with Crippen LogP contribution in [0.5, 0.6) is 5.75 Å². The van der Waals surface area contributed by atoms with Crippen LogP contribution in [0.15, 0.2) is 66.9 Å². The Balaban J connectivity index is 1.51. The summed E-state index contributed by atoms with van der Waals surface area (Å²) in [6, 6.07) is 18.5. The summed E-state index contributed by atoms with van der Waals surface area (Å²) in [5.74, 6) is 0.574. The van der Waals surface area contributed by atoms with Crippen molar-refractivity contribution in [3.8, 4) is 5.75 Å². The number of benzene rings is 2. The Labute approximate surface area is 163 Å². The maximum absolute atomic E-state index is 12.2. The molecule has 0 fully saturated rings. The molecule has 1 amide bonds. The fourth-order valence-electron chi connectivity index (χ4n) is 2.54. The quantitative estimate of drug-likeness (QED) is 0.625. The minimum atomic E-state index is -0.276. The first-order chi connectivity index (χ1) is 13.1.